The molecule has 5 unspecified atom stereocenters. The van der Waals surface area contributed by atoms with Crippen molar-refractivity contribution in [1.82, 2.24) is 0 Å². The Labute approximate surface area is 299 Å². The van der Waals surface area contributed by atoms with Gasteiger partial charge in [-0.15, -0.1) is 0 Å². The lowest BCUT2D eigenvalue weighted by molar-refractivity contribution is 0.544. The zero-order chi connectivity index (χ0) is 33.9. The molecule has 0 spiro atoms. The van der Waals surface area contributed by atoms with Crippen LogP contribution < -0.4 is 4.90 Å². The molecule has 0 bridgehead atoms. The topological polar surface area (TPSA) is 3.24 Å². The van der Waals surface area contributed by atoms with Crippen molar-refractivity contribution in [3.63, 3.8) is 0 Å². The molecule has 0 saturated heterocycles. The number of allylic oxidation sites excluding steroid dienone is 15. The quantitative estimate of drug-likeness (QED) is 0.223. The lowest BCUT2D eigenvalue weighted by atomic mass is 9.76. The SMILES string of the molecule is CC1=CC(N(c2ccccc2)C2C=CC=C3C=CC=CC32)CC=C1c1ccc(CCC(C2=C3C=CC=CC3CC=C2)c2ccccc2)cc1C. The van der Waals surface area contributed by atoms with Crippen molar-refractivity contribution >= 4 is 11.3 Å². The maximum atomic E-state index is 2.65. The molecule has 1 heteroatoms. The standard InChI is InChI=1S/C49H47N/c1-35-33-37(28-31-46(38-15-5-3-6-16-38)48-25-13-19-39-17-9-11-23-45(39)48)27-30-43(35)44-32-29-42(34-36(44)2)50(41-21-7-4-8-22-41)49-26-14-20-40-18-10-12-24-47(40)49/h3-18,20-27,30,32-34,39,42,46-47,49H,19,28-29,31H2,1-2H3. The van der Waals surface area contributed by atoms with E-state index >= 15 is 0 Å². The molecule has 0 aliphatic heterocycles. The summed E-state index contributed by atoms with van der Waals surface area (Å²) < 4.78 is 0. The summed E-state index contributed by atoms with van der Waals surface area (Å²) in [5.41, 5.74) is 13.9. The van der Waals surface area contributed by atoms with Crippen molar-refractivity contribution in [2.24, 2.45) is 11.8 Å². The van der Waals surface area contributed by atoms with E-state index in [1.807, 2.05) is 0 Å². The molecule has 50 heavy (non-hydrogen) atoms. The Bertz CT molecular complexity index is 2040. The number of nitrogens with zero attached hydrogens (tertiary/aromatic N) is 1. The van der Waals surface area contributed by atoms with E-state index in [-0.39, 0.29) is 12.1 Å². The molecule has 0 saturated carbocycles. The average molecular weight is 650 g/mol. The van der Waals surface area contributed by atoms with Gasteiger partial charge in [-0.2, -0.15) is 0 Å². The molecule has 1 nitrogen and oxygen atoms in total. The van der Waals surface area contributed by atoms with Crippen LogP contribution in [0.25, 0.3) is 5.57 Å². The Kier molecular flexibility index (Phi) is 9.23. The normalized spacial score (nSPS) is 23.9. The van der Waals surface area contributed by atoms with Crippen LogP contribution in [0.2, 0.25) is 0 Å². The molecule has 5 aliphatic carbocycles. The number of rotatable bonds is 9. The Morgan fingerprint density at radius 2 is 1.56 bits per heavy atom. The first-order valence-electron chi connectivity index (χ1n) is 18.5. The number of hydrogen-bond donors (Lipinski definition) is 0. The smallest absolute Gasteiger partial charge is 0.0585 e. The van der Waals surface area contributed by atoms with Crippen LogP contribution in [-0.4, -0.2) is 12.1 Å². The summed E-state index contributed by atoms with van der Waals surface area (Å²) >= 11 is 0. The Hall–Kier alpha value is -5.14. The van der Waals surface area contributed by atoms with E-state index in [0.29, 0.717) is 17.8 Å². The third-order valence-corrected chi connectivity index (χ3v) is 11.3. The second-order valence-corrected chi connectivity index (χ2v) is 14.4. The molecule has 248 valence electrons. The molecule has 0 aromatic heterocycles. The van der Waals surface area contributed by atoms with E-state index in [2.05, 4.69) is 189 Å². The summed E-state index contributed by atoms with van der Waals surface area (Å²) in [7, 11) is 0. The third kappa shape index (κ3) is 6.46. The van der Waals surface area contributed by atoms with Gasteiger partial charge in [0, 0.05) is 23.4 Å². The van der Waals surface area contributed by atoms with Gasteiger partial charge >= 0.3 is 0 Å². The minimum atomic E-state index is 0.264. The lowest BCUT2D eigenvalue weighted by Crippen LogP contribution is -2.47. The second-order valence-electron chi connectivity index (χ2n) is 14.4. The molecule has 5 atom stereocenters. The van der Waals surface area contributed by atoms with Gasteiger partial charge in [0.05, 0.1) is 12.1 Å². The van der Waals surface area contributed by atoms with Gasteiger partial charge in [0.15, 0.2) is 0 Å². The van der Waals surface area contributed by atoms with Gasteiger partial charge in [-0.05, 0) is 102 Å². The minimum Gasteiger partial charge on any atom is -0.357 e. The van der Waals surface area contributed by atoms with E-state index < -0.39 is 0 Å². The van der Waals surface area contributed by atoms with Crippen molar-refractivity contribution in [3.8, 4) is 0 Å². The molecule has 0 amide bonds. The fraction of sp³-hybridized carbons (Fsp3) is 0.224. The summed E-state index contributed by atoms with van der Waals surface area (Å²) in [6, 6.07) is 29.9. The number of hydrogen-bond acceptors (Lipinski definition) is 1. The summed E-state index contributed by atoms with van der Waals surface area (Å²) in [6.45, 7) is 4.60. The van der Waals surface area contributed by atoms with Crippen molar-refractivity contribution in [3.05, 3.63) is 215 Å². The molecular formula is C49H47N. The molecule has 0 radical (unpaired) electrons. The van der Waals surface area contributed by atoms with Gasteiger partial charge in [0.2, 0.25) is 0 Å². The van der Waals surface area contributed by atoms with Crippen LogP contribution in [0.5, 0.6) is 0 Å². The van der Waals surface area contributed by atoms with E-state index in [4.69, 9.17) is 0 Å². The maximum absolute atomic E-state index is 2.65. The van der Waals surface area contributed by atoms with Crippen LogP contribution in [0, 0.1) is 18.8 Å². The Morgan fingerprint density at radius 1 is 0.760 bits per heavy atom. The van der Waals surface area contributed by atoms with Gasteiger partial charge in [0.25, 0.3) is 0 Å². The third-order valence-electron chi connectivity index (χ3n) is 11.3. The fourth-order valence-electron chi connectivity index (χ4n) is 8.80. The highest BCUT2D eigenvalue weighted by molar-refractivity contribution is 5.82. The van der Waals surface area contributed by atoms with Crippen LogP contribution in [0.15, 0.2) is 192 Å². The highest BCUT2D eigenvalue weighted by Crippen LogP contribution is 2.41. The summed E-state index contributed by atoms with van der Waals surface area (Å²) in [4.78, 5) is 2.65. The van der Waals surface area contributed by atoms with Crippen molar-refractivity contribution < 1.29 is 0 Å². The molecule has 0 heterocycles. The lowest BCUT2D eigenvalue weighted by Gasteiger charge is -2.43. The molecule has 3 aromatic carbocycles. The van der Waals surface area contributed by atoms with E-state index in [0.717, 1.165) is 25.7 Å². The van der Waals surface area contributed by atoms with E-state index in [1.165, 1.54) is 55.8 Å². The van der Waals surface area contributed by atoms with Gasteiger partial charge < -0.3 is 4.90 Å². The van der Waals surface area contributed by atoms with Crippen LogP contribution in [0.4, 0.5) is 5.69 Å². The van der Waals surface area contributed by atoms with Crippen LogP contribution in [-0.2, 0) is 6.42 Å². The molecule has 3 aromatic rings. The molecule has 0 fully saturated rings. The minimum absolute atomic E-state index is 0.264. The summed E-state index contributed by atoms with van der Waals surface area (Å²) in [6.07, 6.45) is 39.0. The van der Waals surface area contributed by atoms with Gasteiger partial charge in [-0.1, -0.05) is 158 Å². The zero-order valence-electron chi connectivity index (χ0n) is 29.3. The first-order chi connectivity index (χ1) is 24.6. The number of aryl methyl sites for hydroxylation is 2. The molecular weight excluding hydrogens is 603 g/mol. The zero-order valence-corrected chi connectivity index (χ0v) is 29.3. The second kappa shape index (κ2) is 14.4. The van der Waals surface area contributed by atoms with Crippen molar-refractivity contribution in [1.29, 1.82) is 0 Å². The molecule has 5 aliphatic rings. The number of anilines is 1. The predicted molar refractivity (Wildman–Crippen MR) is 213 cm³/mol. The predicted octanol–water partition coefficient (Wildman–Crippen LogP) is 11.9. The number of benzene rings is 3. The summed E-state index contributed by atoms with van der Waals surface area (Å²) in [5.74, 6) is 1.23. The molecule has 0 N–H and O–H groups in total. The number of fused-ring (bicyclic) bond motifs is 2. The van der Waals surface area contributed by atoms with Gasteiger partial charge in [-0.25, -0.2) is 0 Å². The average Bonchev–Trinajstić information content (AvgIpc) is 3.16. The Balaban J connectivity index is 1.02. The summed E-state index contributed by atoms with van der Waals surface area (Å²) in [5, 5.41) is 0. The van der Waals surface area contributed by atoms with Crippen LogP contribution in [0.3, 0.4) is 0 Å². The van der Waals surface area contributed by atoms with E-state index in [9.17, 15) is 0 Å². The maximum Gasteiger partial charge on any atom is 0.0585 e. The fourth-order valence-corrected chi connectivity index (χ4v) is 8.80. The van der Waals surface area contributed by atoms with Crippen molar-refractivity contribution in [2.75, 3.05) is 4.90 Å². The first-order valence-corrected chi connectivity index (χ1v) is 18.5. The van der Waals surface area contributed by atoms with Crippen LogP contribution >= 0.6 is 0 Å². The monoisotopic (exact) mass is 649 g/mol. The first kappa shape index (κ1) is 32.1. The van der Waals surface area contributed by atoms with Gasteiger partial charge in [0.1, 0.15) is 0 Å². The highest BCUT2D eigenvalue weighted by atomic mass is 15.2. The number of para-hydroxylation sites is 1. The highest BCUT2D eigenvalue weighted by Gasteiger charge is 2.33. The van der Waals surface area contributed by atoms with E-state index in [1.54, 1.807) is 0 Å². The largest absolute Gasteiger partial charge is 0.357 e. The molecule has 8 rings (SSSR count). The van der Waals surface area contributed by atoms with Crippen molar-refractivity contribution in [2.45, 2.75) is 57.5 Å². The van der Waals surface area contributed by atoms with Gasteiger partial charge in [-0.3, -0.25) is 0 Å². The Morgan fingerprint density at radius 3 is 2.38 bits per heavy atom. The van der Waals surface area contributed by atoms with Crippen LogP contribution in [0.1, 0.15) is 54.4 Å².